The molecule has 0 saturated carbocycles. The minimum Gasteiger partial charge on any atom is -0.287 e. The lowest BCUT2D eigenvalue weighted by molar-refractivity contribution is -0.214. The Bertz CT molecular complexity index is 280. The Kier molecular flexibility index (Phi) is 3.98. The van der Waals surface area contributed by atoms with E-state index in [1.54, 1.807) is 12.1 Å². The molecule has 0 aliphatic carbocycles. The molecule has 0 radical (unpaired) electrons. The van der Waals surface area contributed by atoms with E-state index in [0.29, 0.717) is 12.2 Å². The molecular weight excluding hydrogens is 180 g/mol. The average molecular weight is 194 g/mol. The molecule has 76 valence electrons. The molecule has 0 amide bonds. The van der Waals surface area contributed by atoms with E-state index in [2.05, 4.69) is 4.89 Å². The molecule has 0 heterocycles. The zero-order valence-electron chi connectivity index (χ0n) is 8.40. The Labute approximate surface area is 83.6 Å². The van der Waals surface area contributed by atoms with Crippen molar-refractivity contribution in [3.8, 4) is 5.75 Å². The van der Waals surface area contributed by atoms with E-state index >= 15 is 0 Å². The second kappa shape index (κ2) is 5.27. The van der Waals surface area contributed by atoms with Crippen LogP contribution in [0.15, 0.2) is 30.3 Å². The number of rotatable bonds is 4. The van der Waals surface area contributed by atoms with E-state index in [1.165, 1.54) is 0 Å². The quantitative estimate of drug-likeness (QED) is 0.546. The fourth-order valence-corrected chi connectivity index (χ4v) is 0.938. The zero-order valence-corrected chi connectivity index (χ0v) is 8.40. The molecule has 0 spiro atoms. The Morgan fingerprint density at radius 3 is 2.50 bits per heavy atom. The minimum atomic E-state index is -0.344. The number of hydrogen-bond donors (Lipinski definition) is 0. The standard InChI is InChI=1S/C11H14O3/c1-9(2)8-11(12)14-13-10-6-4-3-5-7-10/h3-7,9H,8H2,1-2H3. The summed E-state index contributed by atoms with van der Waals surface area (Å²) in [6.07, 6.45) is 0.368. The summed E-state index contributed by atoms with van der Waals surface area (Å²) in [4.78, 5) is 20.5. The molecule has 3 heteroatoms. The minimum absolute atomic E-state index is 0.280. The first-order valence-corrected chi connectivity index (χ1v) is 4.61. The summed E-state index contributed by atoms with van der Waals surface area (Å²) in [6.45, 7) is 3.90. The molecule has 0 aliphatic heterocycles. The number of benzene rings is 1. The number of para-hydroxylation sites is 1. The topological polar surface area (TPSA) is 35.5 Å². The van der Waals surface area contributed by atoms with Crippen molar-refractivity contribution in [2.45, 2.75) is 20.3 Å². The third kappa shape index (κ3) is 3.94. The Morgan fingerprint density at radius 1 is 1.29 bits per heavy atom. The van der Waals surface area contributed by atoms with Gasteiger partial charge in [0.05, 0.1) is 6.42 Å². The molecule has 1 aromatic rings. The average Bonchev–Trinajstić information content (AvgIpc) is 2.15. The van der Waals surface area contributed by atoms with Crippen molar-refractivity contribution in [1.29, 1.82) is 0 Å². The van der Waals surface area contributed by atoms with Gasteiger partial charge in [0, 0.05) is 0 Å². The molecule has 1 rings (SSSR count). The van der Waals surface area contributed by atoms with Crippen molar-refractivity contribution >= 4 is 5.97 Å². The second-order valence-electron chi connectivity index (χ2n) is 3.45. The molecule has 3 nitrogen and oxygen atoms in total. The largest absolute Gasteiger partial charge is 0.355 e. The number of carbonyl (C=O) groups excluding carboxylic acids is 1. The zero-order chi connectivity index (χ0) is 10.4. The Morgan fingerprint density at radius 2 is 1.93 bits per heavy atom. The van der Waals surface area contributed by atoms with Gasteiger partial charge in [-0.25, -0.2) is 4.79 Å². The highest BCUT2D eigenvalue weighted by atomic mass is 17.2. The van der Waals surface area contributed by atoms with Gasteiger partial charge in [-0.1, -0.05) is 32.0 Å². The van der Waals surface area contributed by atoms with Crippen LogP contribution in [0.5, 0.6) is 5.75 Å². The monoisotopic (exact) mass is 194 g/mol. The lowest BCUT2D eigenvalue weighted by Crippen LogP contribution is -2.10. The Hall–Kier alpha value is -1.51. The normalized spacial score (nSPS) is 9.93. The second-order valence-corrected chi connectivity index (χ2v) is 3.45. The predicted octanol–water partition coefficient (Wildman–Crippen LogP) is 2.57. The van der Waals surface area contributed by atoms with Gasteiger partial charge < -0.3 is 0 Å². The van der Waals surface area contributed by atoms with Crippen LogP contribution in [0.2, 0.25) is 0 Å². The lowest BCUT2D eigenvalue weighted by atomic mass is 10.1. The van der Waals surface area contributed by atoms with Crippen molar-refractivity contribution in [2.75, 3.05) is 0 Å². The van der Waals surface area contributed by atoms with Crippen LogP contribution < -0.4 is 4.89 Å². The highest BCUT2D eigenvalue weighted by Gasteiger charge is 2.07. The first-order chi connectivity index (χ1) is 6.68. The summed E-state index contributed by atoms with van der Waals surface area (Å²) < 4.78 is 0. The van der Waals surface area contributed by atoms with Gasteiger partial charge in [-0.2, -0.15) is 0 Å². The van der Waals surface area contributed by atoms with E-state index in [0.717, 1.165) is 0 Å². The van der Waals surface area contributed by atoms with Crippen molar-refractivity contribution in [3.63, 3.8) is 0 Å². The van der Waals surface area contributed by atoms with Crippen LogP contribution in [0.1, 0.15) is 20.3 Å². The summed E-state index contributed by atoms with van der Waals surface area (Å²) in [6, 6.07) is 8.94. The molecule has 1 aromatic carbocycles. The molecule has 0 atom stereocenters. The van der Waals surface area contributed by atoms with Gasteiger partial charge in [-0.05, 0) is 18.1 Å². The van der Waals surface area contributed by atoms with Gasteiger partial charge in [-0.3, -0.25) is 9.78 Å². The van der Waals surface area contributed by atoms with E-state index in [4.69, 9.17) is 4.89 Å². The first kappa shape index (κ1) is 10.6. The molecule has 0 fully saturated rings. The third-order valence-corrected chi connectivity index (χ3v) is 1.55. The highest BCUT2D eigenvalue weighted by Crippen LogP contribution is 2.09. The SMILES string of the molecule is CC(C)CC(=O)OOc1ccccc1. The number of hydrogen-bond acceptors (Lipinski definition) is 3. The maximum Gasteiger partial charge on any atom is 0.355 e. The van der Waals surface area contributed by atoms with Gasteiger partial charge in [0.15, 0.2) is 5.75 Å². The van der Waals surface area contributed by atoms with Gasteiger partial charge in [0.1, 0.15) is 0 Å². The number of carbonyl (C=O) groups is 1. The molecule has 0 bridgehead atoms. The fraction of sp³-hybridized carbons (Fsp3) is 0.364. The van der Waals surface area contributed by atoms with Crippen LogP contribution in [0.25, 0.3) is 0 Å². The smallest absolute Gasteiger partial charge is 0.287 e. The summed E-state index contributed by atoms with van der Waals surface area (Å²) in [7, 11) is 0. The van der Waals surface area contributed by atoms with Crippen molar-refractivity contribution in [2.24, 2.45) is 5.92 Å². The highest BCUT2D eigenvalue weighted by molar-refractivity contribution is 5.68. The van der Waals surface area contributed by atoms with Gasteiger partial charge in [-0.15, -0.1) is 0 Å². The maximum absolute atomic E-state index is 11.1. The first-order valence-electron chi connectivity index (χ1n) is 4.61. The van der Waals surface area contributed by atoms with E-state index < -0.39 is 0 Å². The van der Waals surface area contributed by atoms with E-state index in [1.807, 2.05) is 32.0 Å². The molecule has 0 aromatic heterocycles. The van der Waals surface area contributed by atoms with Crippen LogP contribution in [0.4, 0.5) is 0 Å². The maximum atomic E-state index is 11.1. The fourth-order valence-electron chi connectivity index (χ4n) is 0.938. The molecule has 14 heavy (non-hydrogen) atoms. The van der Waals surface area contributed by atoms with E-state index in [-0.39, 0.29) is 11.9 Å². The van der Waals surface area contributed by atoms with E-state index in [9.17, 15) is 4.79 Å². The summed E-state index contributed by atoms with van der Waals surface area (Å²) in [5, 5.41) is 0. The van der Waals surface area contributed by atoms with Crippen molar-refractivity contribution in [3.05, 3.63) is 30.3 Å². The molecular formula is C11H14O3. The molecule has 0 unspecified atom stereocenters. The summed E-state index contributed by atoms with van der Waals surface area (Å²) in [5.41, 5.74) is 0. The predicted molar refractivity (Wildman–Crippen MR) is 52.6 cm³/mol. The lowest BCUT2D eigenvalue weighted by Gasteiger charge is -2.05. The van der Waals surface area contributed by atoms with Crippen LogP contribution in [0, 0.1) is 5.92 Å². The summed E-state index contributed by atoms with van der Waals surface area (Å²) >= 11 is 0. The van der Waals surface area contributed by atoms with Crippen LogP contribution in [-0.4, -0.2) is 5.97 Å². The molecule has 0 N–H and O–H groups in total. The third-order valence-electron chi connectivity index (χ3n) is 1.55. The van der Waals surface area contributed by atoms with Crippen LogP contribution in [-0.2, 0) is 9.68 Å². The summed E-state index contributed by atoms with van der Waals surface area (Å²) in [5.74, 6) is 0.468. The van der Waals surface area contributed by atoms with Gasteiger partial charge >= 0.3 is 5.97 Å². The van der Waals surface area contributed by atoms with Crippen molar-refractivity contribution < 1.29 is 14.6 Å². The molecule has 0 aliphatic rings. The van der Waals surface area contributed by atoms with Crippen LogP contribution >= 0.6 is 0 Å². The van der Waals surface area contributed by atoms with Gasteiger partial charge in [0.2, 0.25) is 0 Å². The Balaban J connectivity index is 2.31. The van der Waals surface area contributed by atoms with Gasteiger partial charge in [0.25, 0.3) is 0 Å². The molecule has 0 saturated heterocycles. The van der Waals surface area contributed by atoms with Crippen molar-refractivity contribution in [1.82, 2.24) is 0 Å². The van der Waals surface area contributed by atoms with Crippen LogP contribution in [0.3, 0.4) is 0 Å².